The number of carbonyl (C=O) groups excluding carboxylic acids is 2. The quantitative estimate of drug-likeness (QED) is 0.730. The highest BCUT2D eigenvalue weighted by molar-refractivity contribution is 7.10. The number of hydrogen-bond acceptors (Lipinski definition) is 4. The molecule has 1 saturated carbocycles. The largest absolute Gasteiger partial charge is 0.491 e. The maximum absolute atomic E-state index is 13.3. The smallest absolute Gasteiger partial charge is 0.318 e. The Labute approximate surface area is 181 Å². The van der Waals surface area contributed by atoms with E-state index < -0.39 is 0 Å². The Kier molecular flexibility index (Phi) is 6.27. The molecule has 2 aliphatic rings. The topological polar surface area (TPSA) is 61.9 Å². The zero-order chi connectivity index (χ0) is 21.1. The first-order chi connectivity index (χ1) is 14.5. The third-order valence-corrected chi connectivity index (χ3v) is 6.53. The van der Waals surface area contributed by atoms with Gasteiger partial charge in [-0.15, -0.1) is 11.3 Å². The lowest BCUT2D eigenvalue weighted by molar-refractivity contribution is -0.135. The number of rotatable bonds is 7. The second-order valence-electron chi connectivity index (χ2n) is 8.24. The van der Waals surface area contributed by atoms with Crippen LogP contribution in [0, 0.1) is 0 Å². The molecule has 30 heavy (non-hydrogen) atoms. The van der Waals surface area contributed by atoms with Crippen LogP contribution >= 0.6 is 11.3 Å². The van der Waals surface area contributed by atoms with Crippen molar-refractivity contribution in [2.45, 2.75) is 51.2 Å². The number of nitrogens with one attached hydrogen (secondary N) is 1. The second kappa shape index (κ2) is 9.08. The normalized spacial score (nSPS) is 18.1. The number of benzene rings is 1. The van der Waals surface area contributed by atoms with Gasteiger partial charge in [0.1, 0.15) is 18.9 Å². The lowest BCUT2D eigenvalue weighted by atomic mass is 10.0. The molecule has 1 N–H and O–H groups in total. The highest BCUT2D eigenvalue weighted by Gasteiger charge is 2.38. The third kappa shape index (κ3) is 4.78. The fourth-order valence-corrected chi connectivity index (χ4v) is 4.81. The molecule has 1 aliphatic carbocycles. The number of urea groups is 1. The van der Waals surface area contributed by atoms with E-state index in [1.54, 1.807) is 16.2 Å². The van der Waals surface area contributed by atoms with Crippen molar-refractivity contribution in [3.8, 4) is 5.75 Å². The third-order valence-electron chi connectivity index (χ3n) is 5.53. The molecule has 160 valence electrons. The summed E-state index contributed by atoms with van der Waals surface area (Å²) in [6.07, 6.45) is 2.78. The van der Waals surface area contributed by atoms with Crippen LogP contribution in [0.3, 0.4) is 0 Å². The van der Waals surface area contributed by atoms with E-state index in [2.05, 4.69) is 16.8 Å². The minimum Gasteiger partial charge on any atom is -0.491 e. The number of fused-ring (bicyclic) bond motifs is 1. The monoisotopic (exact) mass is 427 g/mol. The molecule has 1 aliphatic heterocycles. The van der Waals surface area contributed by atoms with Gasteiger partial charge in [0, 0.05) is 23.5 Å². The molecule has 1 atom stereocenters. The van der Waals surface area contributed by atoms with E-state index in [0.717, 1.165) is 25.0 Å². The van der Waals surface area contributed by atoms with Crippen LogP contribution in [0.15, 0.2) is 41.8 Å². The fourth-order valence-electron chi connectivity index (χ4n) is 3.89. The number of thiophene rings is 1. The molecule has 7 heteroatoms. The van der Waals surface area contributed by atoms with Crippen molar-refractivity contribution in [1.29, 1.82) is 0 Å². The Morgan fingerprint density at radius 1 is 1.23 bits per heavy atom. The fraction of sp³-hybridized carbons (Fsp3) is 0.478. The predicted molar refractivity (Wildman–Crippen MR) is 118 cm³/mol. The van der Waals surface area contributed by atoms with Crippen LogP contribution in [-0.4, -0.2) is 53.5 Å². The minimum atomic E-state index is -0.147. The number of ether oxygens (including phenoxy) is 1. The number of amides is 3. The van der Waals surface area contributed by atoms with E-state index in [-0.39, 0.29) is 36.6 Å². The molecule has 1 aromatic heterocycles. The Bertz CT molecular complexity index is 879. The van der Waals surface area contributed by atoms with Crippen molar-refractivity contribution in [3.63, 3.8) is 0 Å². The first kappa shape index (κ1) is 20.7. The average molecular weight is 428 g/mol. The summed E-state index contributed by atoms with van der Waals surface area (Å²) in [5.74, 6) is 0.780. The summed E-state index contributed by atoms with van der Waals surface area (Å²) >= 11 is 1.74. The van der Waals surface area contributed by atoms with Crippen LogP contribution in [-0.2, 0) is 11.2 Å². The van der Waals surface area contributed by atoms with E-state index in [1.165, 1.54) is 10.4 Å². The van der Waals surface area contributed by atoms with Gasteiger partial charge in [0.05, 0.1) is 6.04 Å². The molecule has 3 amide bonds. The summed E-state index contributed by atoms with van der Waals surface area (Å²) in [5.41, 5.74) is 1.17. The summed E-state index contributed by atoms with van der Waals surface area (Å²) in [7, 11) is 0. The number of para-hydroxylation sites is 1. The SMILES string of the molecule is CC(C)NC(=O)N(CC(=O)N1CCc2sccc2[C@H]1COc1ccccc1)C1CC1. The van der Waals surface area contributed by atoms with Crippen molar-refractivity contribution in [3.05, 3.63) is 52.2 Å². The minimum absolute atomic E-state index is 0.0145. The van der Waals surface area contributed by atoms with E-state index >= 15 is 0 Å². The standard InChI is InChI=1S/C23H29N3O3S/c1-16(2)24-23(28)26(17-8-9-17)14-22(27)25-12-10-21-19(11-13-30-21)20(25)15-29-18-6-4-3-5-7-18/h3-7,11,13,16-17,20H,8-10,12,14-15H2,1-2H3,(H,24,28)/t20-/m1/s1. The maximum Gasteiger partial charge on any atom is 0.318 e. The molecular formula is C23H29N3O3S. The van der Waals surface area contributed by atoms with Gasteiger partial charge in [-0.25, -0.2) is 4.79 Å². The van der Waals surface area contributed by atoms with Gasteiger partial charge < -0.3 is 19.9 Å². The Morgan fingerprint density at radius 3 is 2.70 bits per heavy atom. The van der Waals surface area contributed by atoms with Crippen LogP contribution in [0.4, 0.5) is 4.79 Å². The molecular weight excluding hydrogens is 398 g/mol. The van der Waals surface area contributed by atoms with Crippen LogP contribution in [0.2, 0.25) is 0 Å². The van der Waals surface area contributed by atoms with Crippen molar-refractivity contribution in [1.82, 2.24) is 15.1 Å². The first-order valence-electron chi connectivity index (χ1n) is 10.6. The van der Waals surface area contributed by atoms with Gasteiger partial charge in [-0.05, 0) is 62.3 Å². The van der Waals surface area contributed by atoms with Crippen molar-refractivity contribution in [2.75, 3.05) is 19.7 Å². The van der Waals surface area contributed by atoms with E-state index in [0.29, 0.717) is 13.2 Å². The summed E-state index contributed by atoms with van der Waals surface area (Å²) in [6.45, 7) is 5.04. The van der Waals surface area contributed by atoms with Gasteiger partial charge in [-0.2, -0.15) is 0 Å². The highest BCUT2D eigenvalue weighted by Crippen LogP contribution is 2.34. The molecule has 0 unspecified atom stereocenters. The average Bonchev–Trinajstić information content (AvgIpc) is 3.45. The predicted octanol–water partition coefficient (Wildman–Crippen LogP) is 3.84. The zero-order valence-corrected chi connectivity index (χ0v) is 18.4. The molecule has 1 fully saturated rings. The van der Waals surface area contributed by atoms with Gasteiger partial charge >= 0.3 is 6.03 Å². The van der Waals surface area contributed by atoms with Crippen LogP contribution < -0.4 is 10.1 Å². The van der Waals surface area contributed by atoms with Crippen molar-refractivity contribution in [2.24, 2.45) is 0 Å². The molecule has 2 heterocycles. The van der Waals surface area contributed by atoms with Gasteiger partial charge in [0.25, 0.3) is 0 Å². The summed E-state index contributed by atoms with van der Waals surface area (Å²) < 4.78 is 6.03. The van der Waals surface area contributed by atoms with Crippen LogP contribution in [0.25, 0.3) is 0 Å². The Hall–Kier alpha value is -2.54. The molecule has 0 spiro atoms. The Balaban J connectivity index is 1.48. The van der Waals surface area contributed by atoms with E-state index in [1.807, 2.05) is 49.1 Å². The molecule has 0 radical (unpaired) electrons. The molecule has 0 bridgehead atoms. The van der Waals surface area contributed by atoms with Gasteiger partial charge in [-0.1, -0.05) is 18.2 Å². The molecule has 0 saturated heterocycles. The lowest BCUT2D eigenvalue weighted by Gasteiger charge is -2.37. The first-order valence-corrected chi connectivity index (χ1v) is 11.5. The molecule has 6 nitrogen and oxygen atoms in total. The summed E-state index contributed by atoms with van der Waals surface area (Å²) in [6, 6.07) is 11.7. The number of hydrogen-bond donors (Lipinski definition) is 1. The van der Waals surface area contributed by atoms with Crippen LogP contribution in [0.5, 0.6) is 5.75 Å². The number of carbonyl (C=O) groups is 2. The van der Waals surface area contributed by atoms with Crippen molar-refractivity contribution < 1.29 is 14.3 Å². The van der Waals surface area contributed by atoms with Gasteiger partial charge in [0.2, 0.25) is 5.91 Å². The zero-order valence-electron chi connectivity index (χ0n) is 17.5. The summed E-state index contributed by atoms with van der Waals surface area (Å²) in [5, 5.41) is 5.02. The lowest BCUT2D eigenvalue weighted by Crippen LogP contribution is -2.51. The molecule has 4 rings (SSSR count). The number of nitrogens with zero attached hydrogens (tertiary/aromatic N) is 2. The Morgan fingerprint density at radius 2 is 2.00 bits per heavy atom. The van der Waals surface area contributed by atoms with Crippen molar-refractivity contribution >= 4 is 23.3 Å². The molecule has 2 aromatic rings. The maximum atomic E-state index is 13.3. The van der Waals surface area contributed by atoms with Gasteiger partial charge in [-0.3, -0.25) is 4.79 Å². The van der Waals surface area contributed by atoms with Crippen LogP contribution in [0.1, 0.15) is 43.2 Å². The van der Waals surface area contributed by atoms with Gasteiger partial charge in [0.15, 0.2) is 0 Å². The summed E-state index contributed by atoms with van der Waals surface area (Å²) in [4.78, 5) is 30.9. The molecule has 1 aromatic carbocycles. The highest BCUT2D eigenvalue weighted by atomic mass is 32.1. The second-order valence-corrected chi connectivity index (χ2v) is 9.24. The van der Waals surface area contributed by atoms with E-state index in [4.69, 9.17) is 4.74 Å². The van der Waals surface area contributed by atoms with E-state index in [9.17, 15) is 9.59 Å².